The highest BCUT2D eigenvalue weighted by molar-refractivity contribution is 7.98. The van der Waals surface area contributed by atoms with Gasteiger partial charge in [-0.05, 0) is 24.3 Å². The number of carboxylic acid groups (broad SMARTS) is 1. The predicted octanol–water partition coefficient (Wildman–Crippen LogP) is -1.82. The van der Waals surface area contributed by atoms with Crippen LogP contribution in [-0.2, 0) is 19.2 Å². The van der Waals surface area contributed by atoms with E-state index in [1.54, 1.807) is 13.8 Å². The van der Waals surface area contributed by atoms with E-state index < -0.39 is 54.5 Å². The average Bonchev–Trinajstić information content (AvgIpc) is 2.65. The monoisotopic (exact) mass is 438 g/mol. The summed E-state index contributed by atoms with van der Waals surface area (Å²) in [6.07, 6.45) is 2.06. The molecule has 0 heterocycles. The van der Waals surface area contributed by atoms with Gasteiger partial charge in [-0.15, -0.1) is 0 Å². The minimum absolute atomic E-state index is 0.106. The van der Waals surface area contributed by atoms with E-state index in [1.807, 2.05) is 6.26 Å². The maximum atomic E-state index is 12.7. The summed E-state index contributed by atoms with van der Waals surface area (Å²) in [5, 5.41) is 25.3. The summed E-state index contributed by atoms with van der Waals surface area (Å²) in [6.45, 7) is 2.66. The second-order valence-electron chi connectivity index (χ2n) is 6.44. The molecule has 0 radical (unpaired) electrons. The zero-order chi connectivity index (χ0) is 21.9. The lowest BCUT2D eigenvalue weighted by molar-refractivity contribution is -0.143. The molecule has 0 aromatic carbocycles. The van der Waals surface area contributed by atoms with E-state index in [2.05, 4.69) is 28.6 Å². The maximum Gasteiger partial charge on any atom is 0.328 e. The van der Waals surface area contributed by atoms with Crippen molar-refractivity contribution in [3.63, 3.8) is 0 Å². The Balaban J connectivity index is 5.25. The number of nitrogens with one attached hydrogen (secondary N) is 3. The number of carbonyl (C=O) groups excluding carboxylic acids is 3. The molecule has 12 heteroatoms. The number of hydrogen-bond acceptors (Lipinski definition) is 8. The number of carbonyl (C=O) groups is 4. The predicted molar refractivity (Wildman–Crippen MR) is 110 cm³/mol. The fourth-order valence-electron chi connectivity index (χ4n) is 2.10. The summed E-state index contributed by atoms with van der Waals surface area (Å²) in [6, 6.07) is -4.31. The largest absolute Gasteiger partial charge is 0.480 e. The molecule has 0 aromatic heterocycles. The van der Waals surface area contributed by atoms with Gasteiger partial charge in [-0.3, -0.25) is 14.4 Å². The fraction of sp³-hybridized carbons (Fsp3) is 0.750. The van der Waals surface area contributed by atoms with E-state index in [0.29, 0.717) is 5.75 Å². The first-order chi connectivity index (χ1) is 13.1. The summed E-state index contributed by atoms with van der Waals surface area (Å²) >= 11 is 5.39. The van der Waals surface area contributed by atoms with Gasteiger partial charge in [0.1, 0.15) is 18.1 Å². The van der Waals surface area contributed by atoms with Gasteiger partial charge in [0.15, 0.2) is 0 Å². The van der Waals surface area contributed by atoms with Crippen LogP contribution in [-0.4, -0.2) is 82.4 Å². The van der Waals surface area contributed by atoms with Crippen molar-refractivity contribution in [2.24, 2.45) is 11.7 Å². The molecule has 28 heavy (non-hydrogen) atoms. The first-order valence-electron chi connectivity index (χ1n) is 8.69. The summed E-state index contributed by atoms with van der Waals surface area (Å²) < 4.78 is 0. The lowest BCUT2D eigenvalue weighted by atomic mass is 10.0. The van der Waals surface area contributed by atoms with E-state index in [4.69, 9.17) is 15.9 Å². The van der Waals surface area contributed by atoms with Gasteiger partial charge in [-0.2, -0.15) is 24.4 Å². The highest BCUT2D eigenvalue weighted by atomic mass is 32.2. The normalized spacial score (nSPS) is 15.2. The molecular formula is C16H30N4O6S2. The van der Waals surface area contributed by atoms with Gasteiger partial charge in [0.25, 0.3) is 0 Å². The van der Waals surface area contributed by atoms with Crippen LogP contribution < -0.4 is 21.7 Å². The van der Waals surface area contributed by atoms with Gasteiger partial charge in [0.05, 0.1) is 12.6 Å². The third-order valence-corrected chi connectivity index (χ3v) is 4.86. The zero-order valence-corrected chi connectivity index (χ0v) is 17.9. The van der Waals surface area contributed by atoms with Crippen molar-refractivity contribution in [3.05, 3.63) is 0 Å². The minimum atomic E-state index is -1.48. The molecule has 0 aromatic rings. The van der Waals surface area contributed by atoms with Gasteiger partial charge in [0, 0.05) is 5.75 Å². The summed E-state index contributed by atoms with van der Waals surface area (Å²) in [5.41, 5.74) is 5.61. The van der Waals surface area contributed by atoms with Crippen LogP contribution in [0.25, 0.3) is 0 Å². The van der Waals surface area contributed by atoms with E-state index in [-0.39, 0.29) is 18.1 Å². The van der Waals surface area contributed by atoms with E-state index >= 15 is 0 Å². The smallest absolute Gasteiger partial charge is 0.328 e. The van der Waals surface area contributed by atoms with Gasteiger partial charge >= 0.3 is 5.97 Å². The second kappa shape index (κ2) is 13.6. The number of amides is 3. The summed E-state index contributed by atoms with van der Waals surface area (Å²) in [4.78, 5) is 48.1. The topological polar surface area (TPSA) is 171 Å². The zero-order valence-electron chi connectivity index (χ0n) is 16.2. The molecule has 0 bridgehead atoms. The maximum absolute atomic E-state index is 12.7. The quantitative estimate of drug-likeness (QED) is 0.165. The standard InChI is InChI=1S/C16H30N4O6S2/c1-8(2)12(20-13(22)9(17)7-27)15(24)18-10(4-5-28-3)14(23)19-11(6-21)16(25)26/h8-12,21,27H,4-7,17H2,1-3H3,(H,18,24)(H,19,23)(H,20,22)(H,25,26). The Morgan fingerprint density at radius 3 is 2.04 bits per heavy atom. The van der Waals surface area contributed by atoms with Gasteiger partial charge in [0.2, 0.25) is 17.7 Å². The summed E-state index contributed by atoms with van der Waals surface area (Å²) in [7, 11) is 0. The minimum Gasteiger partial charge on any atom is -0.480 e. The number of thiol groups is 1. The lowest BCUT2D eigenvalue weighted by Crippen LogP contribution is -2.59. The molecule has 4 unspecified atom stereocenters. The first kappa shape index (κ1) is 26.5. The van der Waals surface area contributed by atoms with Crippen molar-refractivity contribution in [3.8, 4) is 0 Å². The first-order valence-corrected chi connectivity index (χ1v) is 10.7. The van der Waals surface area contributed by atoms with Crippen LogP contribution in [0.2, 0.25) is 0 Å². The van der Waals surface area contributed by atoms with Crippen LogP contribution in [0.5, 0.6) is 0 Å². The Morgan fingerprint density at radius 1 is 1.04 bits per heavy atom. The number of carboxylic acids is 1. The van der Waals surface area contributed by atoms with Crippen LogP contribution in [0.4, 0.5) is 0 Å². The number of rotatable bonds is 13. The average molecular weight is 439 g/mol. The second-order valence-corrected chi connectivity index (χ2v) is 7.79. The number of hydrogen-bond donors (Lipinski definition) is 7. The van der Waals surface area contributed by atoms with Crippen LogP contribution in [0.3, 0.4) is 0 Å². The Labute approximate surface area is 174 Å². The van der Waals surface area contributed by atoms with Gasteiger partial charge < -0.3 is 31.9 Å². The van der Waals surface area contributed by atoms with Crippen molar-refractivity contribution in [2.45, 2.75) is 44.4 Å². The van der Waals surface area contributed by atoms with Gasteiger partial charge in [-0.1, -0.05) is 13.8 Å². The molecule has 4 atom stereocenters. The van der Waals surface area contributed by atoms with Crippen molar-refractivity contribution in [1.29, 1.82) is 0 Å². The van der Waals surface area contributed by atoms with Crippen molar-refractivity contribution < 1.29 is 29.4 Å². The highest BCUT2D eigenvalue weighted by Crippen LogP contribution is 2.06. The van der Waals surface area contributed by atoms with E-state index in [1.165, 1.54) is 11.8 Å². The third kappa shape index (κ3) is 9.13. The molecular weight excluding hydrogens is 408 g/mol. The molecule has 0 fully saturated rings. The van der Waals surface area contributed by atoms with Crippen LogP contribution in [0.1, 0.15) is 20.3 Å². The van der Waals surface area contributed by atoms with Crippen molar-refractivity contribution >= 4 is 48.1 Å². The molecule has 3 amide bonds. The molecule has 0 spiro atoms. The highest BCUT2D eigenvalue weighted by Gasteiger charge is 2.31. The molecule has 0 rings (SSSR count). The Morgan fingerprint density at radius 2 is 1.61 bits per heavy atom. The lowest BCUT2D eigenvalue weighted by Gasteiger charge is -2.26. The number of thioether (sulfide) groups is 1. The number of nitrogens with two attached hydrogens (primary N) is 1. The molecule has 0 aliphatic carbocycles. The molecule has 0 aliphatic rings. The van der Waals surface area contributed by atoms with Crippen LogP contribution >= 0.6 is 24.4 Å². The molecule has 10 nitrogen and oxygen atoms in total. The summed E-state index contributed by atoms with van der Waals surface area (Å²) in [5.74, 6) is -2.91. The molecule has 0 aliphatic heterocycles. The Kier molecular flexibility index (Phi) is 12.9. The number of aliphatic hydroxyl groups excluding tert-OH is 1. The van der Waals surface area contributed by atoms with Crippen LogP contribution in [0.15, 0.2) is 0 Å². The van der Waals surface area contributed by atoms with E-state index in [0.717, 1.165) is 0 Å². The number of aliphatic hydroxyl groups is 1. The molecule has 162 valence electrons. The van der Waals surface area contributed by atoms with E-state index in [9.17, 15) is 19.2 Å². The van der Waals surface area contributed by atoms with Gasteiger partial charge in [-0.25, -0.2) is 4.79 Å². The molecule has 0 saturated heterocycles. The van der Waals surface area contributed by atoms with Crippen molar-refractivity contribution in [1.82, 2.24) is 16.0 Å². The van der Waals surface area contributed by atoms with Crippen molar-refractivity contribution in [2.75, 3.05) is 24.4 Å². The SMILES string of the molecule is CSCCC(NC(=O)C(NC(=O)C(N)CS)C(C)C)C(=O)NC(CO)C(=O)O. The Hall–Kier alpha value is -1.50. The third-order valence-electron chi connectivity index (χ3n) is 3.82. The fourth-order valence-corrected chi connectivity index (χ4v) is 2.74. The molecule has 0 saturated carbocycles. The Bertz CT molecular complexity index is 549. The van der Waals surface area contributed by atoms with Crippen LogP contribution in [0, 0.1) is 5.92 Å². The number of aliphatic carboxylic acids is 1. The molecule has 7 N–H and O–H groups in total.